The lowest BCUT2D eigenvalue weighted by atomic mass is 10.1. The summed E-state index contributed by atoms with van der Waals surface area (Å²) >= 11 is 7.90. The molecule has 1 aromatic carbocycles. The topological polar surface area (TPSA) is 49.3 Å². The predicted octanol–water partition coefficient (Wildman–Crippen LogP) is 3.76. The third kappa shape index (κ3) is 4.50. The van der Waals surface area contributed by atoms with E-state index in [-0.39, 0.29) is 17.8 Å². The van der Waals surface area contributed by atoms with E-state index in [1.54, 1.807) is 30.5 Å². The molecule has 0 spiro atoms. The molecule has 0 amide bonds. The van der Waals surface area contributed by atoms with Gasteiger partial charge in [0, 0.05) is 53.6 Å². The lowest BCUT2D eigenvalue weighted by Crippen LogP contribution is -2.40. The van der Waals surface area contributed by atoms with Crippen LogP contribution >= 0.6 is 22.9 Å². The standard InChI is InChI=1S/C18H22ClFN4S/c1-3-11-10-23-16(25-11)7-8-22-18(21-2)24-15-9-12(15)17-13(19)5-4-6-14(17)20/h4-6,10,12,15H,3,7-9H2,1-2H3,(H2,21,22,24). The first kappa shape index (κ1) is 18.1. The number of aromatic nitrogens is 1. The van der Waals surface area contributed by atoms with Gasteiger partial charge in [0.1, 0.15) is 5.82 Å². The maximum Gasteiger partial charge on any atom is 0.191 e. The number of hydrogen-bond acceptors (Lipinski definition) is 3. The Morgan fingerprint density at radius 3 is 3.00 bits per heavy atom. The molecule has 2 aromatic rings. The molecule has 0 bridgehead atoms. The highest BCUT2D eigenvalue weighted by molar-refractivity contribution is 7.11. The number of nitrogens with zero attached hydrogens (tertiary/aromatic N) is 2. The second-order valence-corrected chi connectivity index (χ2v) is 7.66. The molecule has 25 heavy (non-hydrogen) atoms. The lowest BCUT2D eigenvalue weighted by Gasteiger charge is -2.12. The first-order valence-electron chi connectivity index (χ1n) is 8.47. The molecule has 1 aliphatic rings. The van der Waals surface area contributed by atoms with Crippen LogP contribution in [0.15, 0.2) is 29.4 Å². The summed E-state index contributed by atoms with van der Waals surface area (Å²) in [7, 11) is 1.74. The van der Waals surface area contributed by atoms with Gasteiger partial charge in [-0.3, -0.25) is 4.99 Å². The fraction of sp³-hybridized carbons (Fsp3) is 0.444. The quantitative estimate of drug-likeness (QED) is 0.592. The zero-order valence-electron chi connectivity index (χ0n) is 14.4. The first-order valence-corrected chi connectivity index (χ1v) is 9.66. The Kier molecular flexibility index (Phi) is 5.91. The number of guanidine groups is 1. The van der Waals surface area contributed by atoms with Gasteiger partial charge in [0.05, 0.1) is 5.01 Å². The van der Waals surface area contributed by atoms with Gasteiger partial charge in [-0.2, -0.15) is 0 Å². The Labute approximate surface area is 156 Å². The summed E-state index contributed by atoms with van der Waals surface area (Å²) in [6.45, 7) is 2.89. The Bertz CT molecular complexity index is 741. The minimum atomic E-state index is -0.236. The molecule has 0 radical (unpaired) electrons. The summed E-state index contributed by atoms with van der Waals surface area (Å²) in [5, 5.41) is 8.26. The number of halogens is 2. The zero-order chi connectivity index (χ0) is 17.8. The van der Waals surface area contributed by atoms with E-state index >= 15 is 0 Å². The van der Waals surface area contributed by atoms with Gasteiger partial charge in [-0.05, 0) is 25.0 Å². The van der Waals surface area contributed by atoms with Crippen LogP contribution in [0.3, 0.4) is 0 Å². The Morgan fingerprint density at radius 1 is 1.48 bits per heavy atom. The molecule has 7 heteroatoms. The average molecular weight is 381 g/mol. The van der Waals surface area contributed by atoms with E-state index in [2.05, 4.69) is 27.5 Å². The average Bonchev–Trinajstić information content (AvgIpc) is 3.18. The Hall–Kier alpha value is -1.66. The Balaban J connectivity index is 1.49. The number of hydrogen-bond donors (Lipinski definition) is 2. The molecule has 0 aliphatic heterocycles. The molecule has 3 rings (SSSR count). The van der Waals surface area contributed by atoms with Gasteiger partial charge in [-0.1, -0.05) is 24.6 Å². The number of benzene rings is 1. The number of aryl methyl sites for hydroxylation is 1. The minimum Gasteiger partial charge on any atom is -0.356 e. The van der Waals surface area contributed by atoms with E-state index in [1.807, 2.05) is 6.20 Å². The molecule has 2 unspecified atom stereocenters. The van der Waals surface area contributed by atoms with Gasteiger partial charge < -0.3 is 10.6 Å². The molecule has 2 N–H and O–H groups in total. The van der Waals surface area contributed by atoms with Gasteiger partial charge in [0.25, 0.3) is 0 Å². The molecule has 134 valence electrons. The molecule has 2 atom stereocenters. The maximum absolute atomic E-state index is 14.0. The van der Waals surface area contributed by atoms with Crippen LogP contribution in [0.25, 0.3) is 0 Å². The SMILES string of the molecule is CCc1cnc(CCNC(=NC)NC2CC2c2c(F)cccc2Cl)s1. The molecule has 1 fully saturated rings. The fourth-order valence-corrected chi connectivity index (χ4v) is 3.99. The summed E-state index contributed by atoms with van der Waals surface area (Å²) in [4.78, 5) is 9.97. The van der Waals surface area contributed by atoms with Crippen LogP contribution in [-0.2, 0) is 12.8 Å². The van der Waals surface area contributed by atoms with Crippen LogP contribution in [0.4, 0.5) is 4.39 Å². The molecular formula is C18H22ClFN4S. The van der Waals surface area contributed by atoms with Crippen molar-refractivity contribution in [2.24, 2.45) is 4.99 Å². The van der Waals surface area contributed by atoms with E-state index in [9.17, 15) is 4.39 Å². The maximum atomic E-state index is 14.0. The van der Waals surface area contributed by atoms with Gasteiger partial charge >= 0.3 is 0 Å². The van der Waals surface area contributed by atoms with Crippen molar-refractivity contribution >= 4 is 28.9 Å². The van der Waals surface area contributed by atoms with Gasteiger partial charge in [0.15, 0.2) is 5.96 Å². The van der Waals surface area contributed by atoms with Crippen molar-refractivity contribution in [3.8, 4) is 0 Å². The van der Waals surface area contributed by atoms with Crippen LogP contribution in [0.5, 0.6) is 0 Å². The van der Waals surface area contributed by atoms with Crippen LogP contribution in [0, 0.1) is 5.82 Å². The highest BCUT2D eigenvalue weighted by Crippen LogP contribution is 2.44. The lowest BCUT2D eigenvalue weighted by molar-refractivity contribution is 0.608. The van der Waals surface area contributed by atoms with Crippen LogP contribution in [0.1, 0.15) is 34.7 Å². The first-order chi connectivity index (χ1) is 12.1. The zero-order valence-corrected chi connectivity index (χ0v) is 15.9. The van der Waals surface area contributed by atoms with E-state index in [0.717, 1.165) is 36.8 Å². The van der Waals surface area contributed by atoms with Crippen molar-refractivity contribution < 1.29 is 4.39 Å². The predicted molar refractivity (Wildman–Crippen MR) is 102 cm³/mol. The Morgan fingerprint density at radius 2 is 2.32 bits per heavy atom. The summed E-state index contributed by atoms with van der Waals surface area (Å²) in [5.74, 6) is 0.589. The highest BCUT2D eigenvalue weighted by atomic mass is 35.5. The number of rotatable bonds is 6. The van der Waals surface area contributed by atoms with Crippen molar-refractivity contribution in [3.63, 3.8) is 0 Å². The van der Waals surface area contributed by atoms with E-state index < -0.39 is 0 Å². The third-order valence-electron chi connectivity index (χ3n) is 4.29. The smallest absolute Gasteiger partial charge is 0.191 e. The van der Waals surface area contributed by atoms with E-state index in [1.165, 1.54) is 10.9 Å². The van der Waals surface area contributed by atoms with Crippen molar-refractivity contribution in [3.05, 3.63) is 50.7 Å². The number of thiazole rings is 1. The van der Waals surface area contributed by atoms with Crippen molar-refractivity contribution in [1.82, 2.24) is 15.6 Å². The molecule has 0 saturated heterocycles. The van der Waals surface area contributed by atoms with Gasteiger partial charge in [-0.15, -0.1) is 11.3 Å². The summed E-state index contributed by atoms with van der Waals surface area (Å²) in [6, 6.07) is 4.99. The normalized spacial score (nSPS) is 19.8. The molecule has 1 heterocycles. The summed E-state index contributed by atoms with van der Waals surface area (Å²) in [6.07, 6.45) is 4.68. The molecule has 1 aromatic heterocycles. The largest absolute Gasteiger partial charge is 0.356 e. The molecule has 4 nitrogen and oxygen atoms in total. The van der Waals surface area contributed by atoms with Crippen molar-refractivity contribution in [1.29, 1.82) is 0 Å². The number of nitrogens with one attached hydrogen (secondary N) is 2. The van der Waals surface area contributed by atoms with E-state index in [0.29, 0.717) is 10.6 Å². The molecular weight excluding hydrogens is 359 g/mol. The van der Waals surface area contributed by atoms with Crippen molar-refractivity contribution in [2.45, 2.75) is 38.1 Å². The van der Waals surface area contributed by atoms with Crippen LogP contribution in [-0.4, -0.2) is 30.6 Å². The van der Waals surface area contributed by atoms with Crippen LogP contribution < -0.4 is 10.6 Å². The highest BCUT2D eigenvalue weighted by Gasteiger charge is 2.41. The monoisotopic (exact) mass is 380 g/mol. The fourth-order valence-electron chi connectivity index (χ4n) is 2.82. The molecule has 1 saturated carbocycles. The van der Waals surface area contributed by atoms with Gasteiger partial charge in [0.2, 0.25) is 0 Å². The minimum absolute atomic E-state index is 0.0957. The van der Waals surface area contributed by atoms with E-state index in [4.69, 9.17) is 11.6 Å². The van der Waals surface area contributed by atoms with Crippen LogP contribution in [0.2, 0.25) is 5.02 Å². The summed E-state index contributed by atoms with van der Waals surface area (Å²) < 4.78 is 14.0. The second kappa shape index (κ2) is 8.15. The molecule has 1 aliphatic carbocycles. The van der Waals surface area contributed by atoms with Crippen molar-refractivity contribution in [2.75, 3.05) is 13.6 Å². The summed E-state index contributed by atoms with van der Waals surface area (Å²) in [5.41, 5.74) is 0.604. The van der Waals surface area contributed by atoms with Gasteiger partial charge in [-0.25, -0.2) is 9.37 Å². The third-order valence-corrected chi connectivity index (χ3v) is 5.82. The second-order valence-electron chi connectivity index (χ2n) is 6.05. The number of aliphatic imine (C=N–C) groups is 1.